The predicted octanol–water partition coefficient (Wildman–Crippen LogP) is 4.04. The lowest BCUT2D eigenvalue weighted by molar-refractivity contribution is -0.158. The summed E-state index contributed by atoms with van der Waals surface area (Å²) in [4.78, 5) is 12.4. The fraction of sp³-hybridized carbons (Fsp3) is 0.500. The van der Waals surface area contributed by atoms with E-state index in [0.717, 1.165) is 12.0 Å². The molecule has 1 aromatic carbocycles. The van der Waals surface area contributed by atoms with Crippen molar-refractivity contribution in [2.75, 3.05) is 6.61 Å². The highest BCUT2D eigenvalue weighted by Crippen LogP contribution is 2.39. The van der Waals surface area contributed by atoms with Crippen LogP contribution < -0.4 is 0 Å². The van der Waals surface area contributed by atoms with Crippen LogP contribution in [0.5, 0.6) is 0 Å². The van der Waals surface area contributed by atoms with Crippen molar-refractivity contribution in [3.8, 4) is 0 Å². The van der Waals surface area contributed by atoms with Gasteiger partial charge in [0.1, 0.15) is 0 Å². The molecule has 116 valence electrons. The van der Waals surface area contributed by atoms with Gasteiger partial charge in [-0.15, -0.1) is 6.58 Å². The first-order valence-electron chi connectivity index (χ1n) is 7.60. The second-order valence-corrected chi connectivity index (χ2v) is 5.37. The van der Waals surface area contributed by atoms with Crippen molar-refractivity contribution < 1.29 is 14.6 Å². The molecular weight excluding hydrogens is 264 g/mol. The lowest BCUT2D eigenvalue weighted by atomic mass is 9.74. The van der Waals surface area contributed by atoms with Gasteiger partial charge in [0.2, 0.25) is 0 Å². The van der Waals surface area contributed by atoms with E-state index in [1.165, 1.54) is 0 Å². The number of hydrogen-bond donors (Lipinski definition) is 1. The number of rotatable bonds is 9. The van der Waals surface area contributed by atoms with Crippen LogP contribution in [0.4, 0.5) is 0 Å². The number of ether oxygens (including phenoxy) is 1. The van der Waals surface area contributed by atoms with Crippen LogP contribution in [0.3, 0.4) is 0 Å². The van der Waals surface area contributed by atoms with Crippen LogP contribution in [0.25, 0.3) is 0 Å². The molecule has 0 radical (unpaired) electrons. The summed E-state index contributed by atoms with van der Waals surface area (Å²) in [6.45, 7) is 7.95. The van der Waals surface area contributed by atoms with E-state index in [0.29, 0.717) is 25.9 Å². The van der Waals surface area contributed by atoms with Crippen LogP contribution in [0, 0.1) is 5.41 Å². The molecule has 0 unspecified atom stereocenters. The van der Waals surface area contributed by atoms with Gasteiger partial charge in [0, 0.05) is 0 Å². The Morgan fingerprint density at radius 2 is 2.05 bits per heavy atom. The van der Waals surface area contributed by atoms with Gasteiger partial charge in [-0.05, 0) is 31.7 Å². The smallest absolute Gasteiger partial charge is 0.312 e. The molecule has 0 aliphatic carbocycles. The Bertz CT molecular complexity index is 441. The summed E-state index contributed by atoms with van der Waals surface area (Å²) >= 11 is 0. The van der Waals surface area contributed by atoms with Crippen LogP contribution in [-0.2, 0) is 9.53 Å². The Labute approximate surface area is 127 Å². The van der Waals surface area contributed by atoms with Crippen molar-refractivity contribution in [2.45, 2.75) is 45.6 Å². The van der Waals surface area contributed by atoms with Crippen molar-refractivity contribution in [2.24, 2.45) is 5.41 Å². The van der Waals surface area contributed by atoms with Crippen molar-refractivity contribution in [3.05, 3.63) is 48.6 Å². The average molecular weight is 290 g/mol. The minimum Gasteiger partial charge on any atom is -0.466 e. The Balaban J connectivity index is 2.99. The van der Waals surface area contributed by atoms with Crippen LogP contribution in [0.15, 0.2) is 43.0 Å². The van der Waals surface area contributed by atoms with Crippen molar-refractivity contribution in [3.63, 3.8) is 0 Å². The quantitative estimate of drug-likeness (QED) is 0.551. The molecular formula is C18H26O3. The van der Waals surface area contributed by atoms with Gasteiger partial charge in [-0.2, -0.15) is 0 Å². The molecule has 0 fully saturated rings. The number of allylic oxidation sites excluding steroid dienone is 1. The first kappa shape index (κ1) is 17.4. The van der Waals surface area contributed by atoms with Gasteiger partial charge < -0.3 is 9.84 Å². The van der Waals surface area contributed by atoms with Crippen LogP contribution in [0.1, 0.15) is 51.2 Å². The highest BCUT2D eigenvalue weighted by molar-refractivity contribution is 5.77. The van der Waals surface area contributed by atoms with E-state index < -0.39 is 11.5 Å². The van der Waals surface area contributed by atoms with Gasteiger partial charge in [0.05, 0.1) is 18.1 Å². The number of hydrogen-bond acceptors (Lipinski definition) is 3. The normalized spacial score (nSPS) is 15.0. The molecule has 3 heteroatoms. The first-order chi connectivity index (χ1) is 10.1. The Kier molecular flexibility index (Phi) is 7.17. The first-order valence-corrected chi connectivity index (χ1v) is 7.60. The second-order valence-electron chi connectivity index (χ2n) is 5.37. The molecule has 0 bridgehead atoms. The highest BCUT2D eigenvalue weighted by atomic mass is 16.5. The topological polar surface area (TPSA) is 46.5 Å². The molecule has 1 N–H and O–H groups in total. The molecule has 0 aromatic heterocycles. The Morgan fingerprint density at radius 1 is 1.38 bits per heavy atom. The fourth-order valence-corrected chi connectivity index (χ4v) is 2.76. The molecule has 0 aliphatic rings. The van der Waals surface area contributed by atoms with Gasteiger partial charge in [-0.25, -0.2) is 0 Å². The highest BCUT2D eigenvalue weighted by Gasteiger charge is 2.40. The fourth-order valence-electron chi connectivity index (χ4n) is 2.76. The zero-order valence-electron chi connectivity index (χ0n) is 13.0. The summed E-state index contributed by atoms with van der Waals surface area (Å²) in [5.41, 5.74) is 0.133. The molecule has 0 heterocycles. The average Bonchev–Trinajstić information content (AvgIpc) is 2.48. The maximum atomic E-state index is 12.4. The monoisotopic (exact) mass is 290 g/mol. The Morgan fingerprint density at radius 3 is 2.57 bits per heavy atom. The van der Waals surface area contributed by atoms with E-state index in [9.17, 15) is 9.90 Å². The molecule has 0 aliphatic heterocycles. The Hall–Kier alpha value is -1.61. The molecule has 2 atom stereocenters. The largest absolute Gasteiger partial charge is 0.466 e. The van der Waals surface area contributed by atoms with Crippen molar-refractivity contribution >= 4 is 5.97 Å². The standard InChI is InChI=1S/C18H26O3/c1-4-12-18(13-5-2,17(20)21-6-3)14-16(19)15-10-8-7-9-11-15/h4,7-11,16,19H,1,5-6,12-14H2,2-3H3/t16-,18+/m1/s1. The van der Waals surface area contributed by atoms with Crippen LogP contribution >= 0.6 is 0 Å². The van der Waals surface area contributed by atoms with E-state index >= 15 is 0 Å². The SMILES string of the molecule is C=CC[C@](CCC)(C[C@@H](O)c1ccccc1)C(=O)OCC. The molecule has 1 aromatic rings. The number of esters is 1. The molecule has 0 saturated carbocycles. The van der Waals surface area contributed by atoms with Gasteiger partial charge >= 0.3 is 5.97 Å². The third-order valence-corrected chi connectivity index (χ3v) is 3.74. The number of benzene rings is 1. The third kappa shape index (κ3) is 4.71. The minimum atomic E-state index is -0.693. The molecule has 3 nitrogen and oxygen atoms in total. The zero-order valence-corrected chi connectivity index (χ0v) is 13.0. The van der Waals surface area contributed by atoms with Gasteiger partial charge in [0.25, 0.3) is 0 Å². The maximum Gasteiger partial charge on any atom is 0.312 e. The summed E-state index contributed by atoms with van der Waals surface area (Å²) in [6.07, 6.45) is 3.47. The van der Waals surface area contributed by atoms with Crippen molar-refractivity contribution in [1.82, 2.24) is 0 Å². The molecule has 21 heavy (non-hydrogen) atoms. The summed E-state index contributed by atoms with van der Waals surface area (Å²) in [5.74, 6) is -0.235. The number of carbonyl (C=O) groups excluding carboxylic acids is 1. The van der Waals surface area contributed by atoms with E-state index in [1.807, 2.05) is 37.3 Å². The number of aliphatic hydroxyl groups excluding tert-OH is 1. The summed E-state index contributed by atoms with van der Waals surface area (Å²) < 4.78 is 5.25. The summed E-state index contributed by atoms with van der Waals surface area (Å²) in [7, 11) is 0. The van der Waals surface area contributed by atoms with E-state index in [2.05, 4.69) is 6.58 Å². The zero-order chi connectivity index (χ0) is 15.7. The second kappa shape index (κ2) is 8.63. The van der Waals surface area contributed by atoms with Crippen LogP contribution in [-0.4, -0.2) is 17.7 Å². The lowest BCUT2D eigenvalue weighted by Crippen LogP contribution is -2.34. The summed E-state index contributed by atoms with van der Waals surface area (Å²) in [5, 5.41) is 10.5. The molecule has 1 rings (SSSR count). The van der Waals surface area contributed by atoms with E-state index in [-0.39, 0.29) is 5.97 Å². The van der Waals surface area contributed by atoms with Gasteiger partial charge in [-0.1, -0.05) is 49.8 Å². The van der Waals surface area contributed by atoms with E-state index in [4.69, 9.17) is 4.74 Å². The molecule has 0 spiro atoms. The third-order valence-electron chi connectivity index (χ3n) is 3.74. The molecule has 0 saturated heterocycles. The maximum absolute atomic E-state index is 12.4. The predicted molar refractivity (Wildman–Crippen MR) is 84.8 cm³/mol. The van der Waals surface area contributed by atoms with Crippen LogP contribution in [0.2, 0.25) is 0 Å². The molecule has 0 amide bonds. The minimum absolute atomic E-state index is 0.235. The van der Waals surface area contributed by atoms with E-state index in [1.54, 1.807) is 13.0 Å². The van der Waals surface area contributed by atoms with Crippen molar-refractivity contribution in [1.29, 1.82) is 0 Å². The van der Waals surface area contributed by atoms with Gasteiger partial charge in [0.15, 0.2) is 0 Å². The number of carbonyl (C=O) groups is 1. The summed E-state index contributed by atoms with van der Waals surface area (Å²) in [6, 6.07) is 9.43. The lowest BCUT2D eigenvalue weighted by Gasteiger charge is -2.32. The van der Waals surface area contributed by atoms with Gasteiger partial charge in [-0.3, -0.25) is 4.79 Å². The number of aliphatic hydroxyl groups is 1.